The number of hydrogen-bond donors (Lipinski definition) is 0. The van der Waals surface area contributed by atoms with Gasteiger partial charge in [0.15, 0.2) is 9.84 Å². The zero-order chi connectivity index (χ0) is 11.0. The highest BCUT2D eigenvalue weighted by atomic mass is 32.2. The molecule has 0 aromatic carbocycles. The van der Waals surface area contributed by atoms with Gasteiger partial charge in [0.2, 0.25) is 0 Å². The third-order valence-electron chi connectivity index (χ3n) is 3.32. The van der Waals surface area contributed by atoms with Crippen LogP contribution in [0.1, 0.15) is 52.9 Å². The minimum absolute atomic E-state index is 0.175. The molecule has 0 aromatic rings. The van der Waals surface area contributed by atoms with Crippen LogP contribution in [0, 0.1) is 5.41 Å². The molecule has 1 aliphatic carbocycles. The standard InChI is InChI=1S/C11H22O2S/c1-5-6-10(2,3)9-11(7-8-11)14(4,12)13/h5-9H2,1-4H3. The van der Waals surface area contributed by atoms with Gasteiger partial charge in [-0.15, -0.1) is 0 Å². The fourth-order valence-electron chi connectivity index (χ4n) is 2.46. The van der Waals surface area contributed by atoms with Gasteiger partial charge >= 0.3 is 0 Å². The SMILES string of the molecule is CCCC(C)(C)CC1(S(C)(=O)=O)CC1. The molecule has 1 saturated carbocycles. The Kier molecular flexibility index (Phi) is 3.01. The van der Waals surface area contributed by atoms with Crippen molar-refractivity contribution in [2.75, 3.05) is 6.26 Å². The fourth-order valence-corrected chi connectivity index (χ4v) is 3.95. The molecular weight excluding hydrogens is 196 g/mol. The maximum absolute atomic E-state index is 11.6. The molecule has 0 heterocycles. The van der Waals surface area contributed by atoms with Crippen LogP contribution in [0.2, 0.25) is 0 Å². The Morgan fingerprint density at radius 2 is 1.79 bits per heavy atom. The van der Waals surface area contributed by atoms with Crippen molar-refractivity contribution in [1.82, 2.24) is 0 Å². The molecule has 0 saturated heterocycles. The molecule has 0 bridgehead atoms. The maximum Gasteiger partial charge on any atom is 0.153 e. The largest absolute Gasteiger partial charge is 0.229 e. The predicted molar refractivity (Wildman–Crippen MR) is 60.1 cm³/mol. The number of sulfone groups is 1. The average Bonchev–Trinajstić information content (AvgIpc) is 2.65. The summed E-state index contributed by atoms with van der Waals surface area (Å²) in [5.74, 6) is 0. The van der Waals surface area contributed by atoms with Crippen LogP contribution < -0.4 is 0 Å². The normalized spacial score (nSPS) is 20.9. The van der Waals surface area contributed by atoms with Gasteiger partial charge in [-0.25, -0.2) is 8.42 Å². The van der Waals surface area contributed by atoms with E-state index in [1.165, 1.54) is 6.26 Å². The molecule has 0 aromatic heterocycles. The first kappa shape index (κ1) is 12.0. The molecule has 0 amide bonds. The summed E-state index contributed by atoms with van der Waals surface area (Å²) in [7, 11) is -2.84. The lowest BCUT2D eigenvalue weighted by molar-refractivity contribution is 0.292. The van der Waals surface area contributed by atoms with Gasteiger partial charge in [-0.2, -0.15) is 0 Å². The van der Waals surface area contributed by atoms with Gasteiger partial charge in [-0.1, -0.05) is 27.2 Å². The van der Waals surface area contributed by atoms with Crippen LogP contribution in [-0.2, 0) is 9.84 Å². The second-order valence-electron chi connectivity index (χ2n) is 5.55. The third kappa shape index (κ3) is 2.50. The van der Waals surface area contributed by atoms with E-state index in [1.54, 1.807) is 0 Å². The van der Waals surface area contributed by atoms with Crippen molar-refractivity contribution >= 4 is 9.84 Å². The fraction of sp³-hybridized carbons (Fsp3) is 1.00. The van der Waals surface area contributed by atoms with E-state index >= 15 is 0 Å². The van der Waals surface area contributed by atoms with Crippen LogP contribution in [-0.4, -0.2) is 19.4 Å². The lowest BCUT2D eigenvalue weighted by Crippen LogP contribution is -2.29. The molecule has 14 heavy (non-hydrogen) atoms. The van der Waals surface area contributed by atoms with Crippen molar-refractivity contribution in [3.05, 3.63) is 0 Å². The summed E-state index contributed by atoms with van der Waals surface area (Å²) in [6.07, 6.45) is 6.23. The van der Waals surface area contributed by atoms with Crippen LogP contribution in [0.5, 0.6) is 0 Å². The predicted octanol–water partition coefficient (Wildman–Crippen LogP) is 2.78. The zero-order valence-electron chi connectivity index (χ0n) is 9.76. The minimum atomic E-state index is -2.84. The van der Waals surface area contributed by atoms with E-state index in [-0.39, 0.29) is 10.2 Å². The Balaban J connectivity index is 2.70. The van der Waals surface area contributed by atoms with Crippen LogP contribution in [0.25, 0.3) is 0 Å². The quantitative estimate of drug-likeness (QED) is 0.711. The lowest BCUT2D eigenvalue weighted by atomic mass is 9.82. The highest BCUT2D eigenvalue weighted by molar-refractivity contribution is 7.92. The Bertz CT molecular complexity index is 297. The van der Waals surface area contributed by atoms with Gasteiger partial charge in [0.1, 0.15) is 0 Å². The second kappa shape index (κ2) is 3.51. The molecule has 1 fully saturated rings. The molecular formula is C11H22O2S. The first-order valence-electron chi connectivity index (χ1n) is 5.42. The average molecular weight is 218 g/mol. The van der Waals surface area contributed by atoms with Gasteiger partial charge in [0.25, 0.3) is 0 Å². The van der Waals surface area contributed by atoms with Gasteiger partial charge in [-0.05, 0) is 31.1 Å². The van der Waals surface area contributed by atoms with Crippen molar-refractivity contribution in [1.29, 1.82) is 0 Å². The highest BCUT2D eigenvalue weighted by Crippen LogP contribution is 2.51. The molecule has 0 atom stereocenters. The number of hydrogen-bond acceptors (Lipinski definition) is 2. The van der Waals surface area contributed by atoms with Crippen molar-refractivity contribution in [3.8, 4) is 0 Å². The van der Waals surface area contributed by atoms with Crippen LogP contribution in [0.4, 0.5) is 0 Å². The van der Waals surface area contributed by atoms with Crippen LogP contribution in [0.3, 0.4) is 0 Å². The first-order valence-corrected chi connectivity index (χ1v) is 7.31. The highest BCUT2D eigenvalue weighted by Gasteiger charge is 2.53. The second-order valence-corrected chi connectivity index (χ2v) is 7.96. The topological polar surface area (TPSA) is 34.1 Å². The van der Waals surface area contributed by atoms with Crippen molar-refractivity contribution in [2.24, 2.45) is 5.41 Å². The molecule has 84 valence electrons. The molecule has 0 unspecified atom stereocenters. The summed E-state index contributed by atoms with van der Waals surface area (Å²) in [5, 5.41) is 0. The monoisotopic (exact) mass is 218 g/mol. The molecule has 0 N–H and O–H groups in total. The lowest BCUT2D eigenvalue weighted by Gasteiger charge is -2.28. The van der Waals surface area contributed by atoms with Gasteiger partial charge in [0, 0.05) is 6.26 Å². The van der Waals surface area contributed by atoms with E-state index in [2.05, 4.69) is 20.8 Å². The van der Waals surface area contributed by atoms with E-state index in [9.17, 15) is 8.42 Å². The van der Waals surface area contributed by atoms with Gasteiger partial charge in [0.05, 0.1) is 4.75 Å². The molecule has 0 spiro atoms. The van der Waals surface area contributed by atoms with E-state index in [4.69, 9.17) is 0 Å². The molecule has 2 nitrogen and oxygen atoms in total. The molecule has 0 radical (unpaired) electrons. The van der Waals surface area contributed by atoms with E-state index in [0.29, 0.717) is 0 Å². The summed E-state index contributed by atoms with van der Waals surface area (Å²) in [6, 6.07) is 0. The molecule has 3 heteroatoms. The summed E-state index contributed by atoms with van der Waals surface area (Å²) in [5.41, 5.74) is 0.175. The Morgan fingerprint density at radius 3 is 2.07 bits per heavy atom. The summed E-state index contributed by atoms with van der Waals surface area (Å²) < 4.78 is 22.8. The van der Waals surface area contributed by atoms with Crippen molar-refractivity contribution in [3.63, 3.8) is 0 Å². The molecule has 1 aliphatic rings. The zero-order valence-corrected chi connectivity index (χ0v) is 10.6. The summed E-state index contributed by atoms with van der Waals surface area (Å²) >= 11 is 0. The summed E-state index contributed by atoms with van der Waals surface area (Å²) in [4.78, 5) is 0. The Labute approximate surface area is 88.0 Å². The van der Waals surface area contributed by atoms with E-state index in [1.807, 2.05) is 0 Å². The first-order chi connectivity index (χ1) is 6.22. The Morgan fingerprint density at radius 1 is 1.29 bits per heavy atom. The molecule has 0 aliphatic heterocycles. The summed E-state index contributed by atoms with van der Waals surface area (Å²) in [6.45, 7) is 6.52. The van der Waals surface area contributed by atoms with Crippen molar-refractivity contribution in [2.45, 2.75) is 57.6 Å². The third-order valence-corrected chi connectivity index (χ3v) is 5.45. The smallest absolute Gasteiger partial charge is 0.153 e. The molecule has 1 rings (SSSR count). The minimum Gasteiger partial charge on any atom is -0.229 e. The van der Waals surface area contributed by atoms with Gasteiger partial charge < -0.3 is 0 Å². The van der Waals surface area contributed by atoms with Crippen LogP contribution >= 0.6 is 0 Å². The maximum atomic E-state index is 11.6. The van der Waals surface area contributed by atoms with Crippen molar-refractivity contribution < 1.29 is 8.42 Å². The number of rotatable bonds is 5. The Hall–Kier alpha value is -0.0500. The van der Waals surface area contributed by atoms with Gasteiger partial charge in [-0.3, -0.25) is 0 Å². The van der Waals surface area contributed by atoms with Crippen LogP contribution in [0.15, 0.2) is 0 Å². The van der Waals surface area contributed by atoms with E-state index in [0.717, 1.165) is 32.1 Å². The van der Waals surface area contributed by atoms with E-state index < -0.39 is 9.84 Å².